The highest BCUT2D eigenvalue weighted by atomic mass is 32.2. The molecule has 1 aliphatic heterocycles. The Bertz CT molecular complexity index is 963. The standard InChI is InChI=1S/C21H23N3O4S/c22-13-4-14-24(19-11-15-28-16-12-19)21(25)17-7-9-18(10-8-17)23-29(26,27)20-5-2-1-3-6-20/h1-3,5-10,19,23H,4,11-12,14-16H2. The van der Waals surface area contributed by atoms with Gasteiger partial charge in [0.05, 0.1) is 17.4 Å². The van der Waals surface area contributed by atoms with E-state index in [2.05, 4.69) is 10.8 Å². The van der Waals surface area contributed by atoms with E-state index in [0.29, 0.717) is 31.0 Å². The third-order valence-corrected chi connectivity index (χ3v) is 6.19. The van der Waals surface area contributed by atoms with Crippen LogP contribution in [0, 0.1) is 11.3 Å². The van der Waals surface area contributed by atoms with Gasteiger partial charge in [-0.05, 0) is 49.2 Å². The van der Waals surface area contributed by atoms with Crippen LogP contribution in [-0.4, -0.2) is 45.0 Å². The minimum Gasteiger partial charge on any atom is -0.381 e. The quantitative estimate of drug-likeness (QED) is 0.752. The molecule has 7 nitrogen and oxygen atoms in total. The van der Waals surface area contributed by atoms with Gasteiger partial charge in [-0.1, -0.05) is 18.2 Å². The zero-order valence-corrected chi connectivity index (χ0v) is 16.8. The first-order chi connectivity index (χ1) is 14.0. The zero-order valence-electron chi connectivity index (χ0n) is 16.0. The van der Waals surface area contributed by atoms with Gasteiger partial charge in [0.1, 0.15) is 0 Å². The van der Waals surface area contributed by atoms with E-state index in [4.69, 9.17) is 10.00 Å². The normalized spacial score (nSPS) is 14.7. The van der Waals surface area contributed by atoms with Crippen molar-refractivity contribution in [3.63, 3.8) is 0 Å². The predicted octanol–water partition coefficient (Wildman–Crippen LogP) is 3.02. The highest BCUT2D eigenvalue weighted by Gasteiger charge is 2.26. The van der Waals surface area contributed by atoms with E-state index >= 15 is 0 Å². The van der Waals surface area contributed by atoms with Crippen molar-refractivity contribution < 1.29 is 17.9 Å². The van der Waals surface area contributed by atoms with Crippen molar-refractivity contribution in [3.8, 4) is 6.07 Å². The molecule has 29 heavy (non-hydrogen) atoms. The van der Waals surface area contributed by atoms with Crippen LogP contribution in [-0.2, 0) is 14.8 Å². The molecule has 152 valence electrons. The molecule has 0 bridgehead atoms. The van der Waals surface area contributed by atoms with Gasteiger partial charge >= 0.3 is 0 Å². The number of benzene rings is 2. The number of carbonyl (C=O) groups excluding carboxylic acids is 1. The summed E-state index contributed by atoms with van der Waals surface area (Å²) in [6.45, 7) is 1.56. The number of nitrogens with zero attached hydrogens (tertiary/aromatic N) is 2. The van der Waals surface area contributed by atoms with E-state index in [9.17, 15) is 13.2 Å². The van der Waals surface area contributed by atoms with E-state index < -0.39 is 10.0 Å². The summed E-state index contributed by atoms with van der Waals surface area (Å²) in [5.74, 6) is -0.162. The minimum atomic E-state index is -3.69. The second-order valence-electron chi connectivity index (χ2n) is 6.75. The fourth-order valence-electron chi connectivity index (χ4n) is 3.28. The van der Waals surface area contributed by atoms with Crippen LogP contribution in [0.5, 0.6) is 0 Å². The lowest BCUT2D eigenvalue weighted by atomic mass is 10.0. The van der Waals surface area contributed by atoms with Gasteiger partial charge in [-0.3, -0.25) is 9.52 Å². The fourth-order valence-corrected chi connectivity index (χ4v) is 4.36. The zero-order chi connectivity index (χ0) is 20.7. The number of anilines is 1. The molecule has 0 aromatic heterocycles. The van der Waals surface area contributed by atoms with Crippen molar-refractivity contribution >= 4 is 21.6 Å². The summed E-state index contributed by atoms with van der Waals surface area (Å²) < 4.78 is 32.7. The van der Waals surface area contributed by atoms with Crippen molar-refractivity contribution in [3.05, 3.63) is 60.2 Å². The molecule has 1 heterocycles. The highest BCUT2D eigenvalue weighted by molar-refractivity contribution is 7.92. The van der Waals surface area contributed by atoms with E-state index in [1.807, 2.05) is 0 Å². The second kappa shape index (κ2) is 9.54. The van der Waals surface area contributed by atoms with Gasteiger partial charge in [-0.15, -0.1) is 0 Å². The smallest absolute Gasteiger partial charge is 0.261 e. The monoisotopic (exact) mass is 413 g/mol. The Labute approximate surface area is 171 Å². The number of ether oxygens (including phenoxy) is 1. The van der Waals surface area contributed by atoms with Crippen molar-refractivity contribution in [1.82, 2.24) is 4.90 Å². The van der Waals surface area contributed by atoms with Crippen LogP contribution >= 0.6 is 0 Å². The molecule has 1 N–H and O–H groups in total. The first-order valence-corrected chi connectivity index (χ1v) is 10.9. The maximum atomic E-state index is 13.0. The number of nitriles is 1. The maximum absolute atomic E-state index is 13.0. The van der Waals surface area contributed by atoms with Crippen LogP contribution in [0.4, 0.5) is 5.69 Å². The molecule has 2 aromatic carbocycles. The Hall–Kier alpha value is -2.89. The molecule has 0 spiro atoms. The average molecular weight is 413 g/mol. The molecule has 0 unspecified atom stereocenters. The van der Waals surface area contributed by atoms with E-state index in [1.165, 1.54) is 12.1 Å². The van der Waals surface area contributed by atoms with Gasteiger partial charge in [0.25, 0.3) is 15.9 Å². The molecule has 1 saturated heterocycles. The molecule has 1 amide bonds. The molecular weight excluding hydrogens is 390 g/mol. The number of rotatable bonds is 7. The summed E-state index contributed by atoms with van der Waals surface area (Å²) in [5, 5.41) is 8.93. The molecule has 8 heteroatoms. The first kappa shape index (κ1) is 20.8. The third-order valence-electron chi connectivity index (χ3n) is 4.79. The molecule has 1 fully saturated rings. The van der Waals surface area contributed by atoms with Gasteiger partial charge in [0.15, 0.2) is 0 Å². The second-order valence-corrected chi connectivity index (χ2v) is 8.43. The Balaban J connectivity index is 1.73. The Morgan fingerprint density at radius 3 is 2.38 bits per heavy atom. The lowest BCUT2D eigenvalue weighted by molar-refractivity contribution is 0.0296. The lowest BCUT2D eigenvalue weighted by Crippen LogP contribution is -2.43. The maximum Gasteiger partial charge on any atom is 0.261 e. The molecule has 0 saturated carbocycles. The van der Waals surface area contributed by atoms with Gasteiger partial charge < -0.3 is 9.64 Å². The highest BCUT2D eigenvalue weighted by Crippen LogP contribution is 2.20. The van der Waals surface area contributed by atoms with Gasteiger partial charge in [0.2, 0.25) is 0 Å². The molecule has 2 aromatic rings. The number of hydrogen-bond acceptors (Lipinski definition) is 5. The number of nitrogens with one attached hydrogen (secondary N) is 1. The molecule has 1 aliphatic rings. The topological polar surface area (TPSA) is 99.5 Å². The largest absolute Gasteiger partial charge is 0.381 e. The van der Waals surface area contributed by atoms with Crippen molar-refractivity contribution in [2.45, 2.75) is 30.2 Å². The SMILES string of the molecule is N#CCCN(C(=O)c1ccc(NS(=O)(=O)c2ccccc2)cc1)C1CCOCC1. The van der Waals surface area contributed by atoms with E-state index in [-0.39, 0.29) is 23.3 Å². The predicted molar refractivity (Wildman–Crippen MR) is 109 cm³/mol. The Morgan fingerprint density at radius 2 is 1.76 bits per heavy atom. The van der Waals surface area contributed by atoms with Crippen molar-refractivity contribution in [2.24, 2.45) is 0 Å². The van der Waals surface area contributed by atoms with Crippen LogP contribution in [0.15, 0.2) is 59.5 Å². The van der Waals surface area contributed by atoms with Crippen molar-refractivity contribution in [1.29, 1.82) is 5.26 Å². The van der Waals surface area contributed by atoms with Crippen LogP contribution in [0.25, 0.3) is 0 Å². The molecule has 3 rings (SSSR count). The first-order valence-electron chi connectivity index (χ1n) is 9.45. The summed E-state index contributed by atoms with van der Waals surface area (Å²) >= 11 is 0. The van der Waals surface area contributed by atoms with E-state index in [0.717, 1.165) is 12.8 Å². The third kappa shape index (κ3) is 5.34. The Morgan fingerprint density at radius 1 is 1.10 bits per heavy atom. The fraction of sp³-hybridized carbons (Fsp3) is 0.333. The number of amides is 1. The molecule has 0 aliphatic carbocycles. The van der Waals surface area contributed by atoms with E-state index in [1.54, 1.807) is 47.4 Å². The van der Waals surface area contributed by atoms with Crippen molar-refractivity contribution in [2.75, 3.05) is 24.5 Å². The Kier molecular flexibility index (Phi) is 6.86. The van der Waals surface area contributed by atoms with Crippen LogP contribution in [0.3, 0.4) is 0 Å². The van der Waals surface area contributed by atoms with Gasteiger partial charge in [0, 0.05) is 37.1 Å². The van der Waals surface area contributed by atoms with Gasteiger partial charge in [-0.2, -0.15) is 5.26 Å². The summed E-state index contributed by atoms with van der Waals surface area (Å²) in [4.78, 5) is 14.9. The summed E-state index contributed by atoms with van der Waals surface area (Å²) in [7, 11) is -3.69. The lowest BCUT2D eigenvalue weighted by Gasteiger charge is -2.34. The summed E-state index contributed by atoms with van der Waals surface area (Å²) in [6.07, 6.45) is 1.75. The van der Waals surface area contributed by atoms with Gasteiger partial charge in [-0.25, -0.2) is 8.42 Å². The molecule has 0 atom stereocenters. The average Bonchev–Trinajstić information content (AvgIpc) is 2.75. The summed E-state index contributed by atoms with van der Waals surface area (Å²) in [6, 6.07) is 16.6. The minimum absolute atomic E-state index is 0.0425. The van der Waals surface area contributed by atoms with Crippen LogP contribution in [0.1, 0.15) is 29.6 Å². The molecular formula is C21H23N3O4S. The van der Waals surface area contributed by atoms with Crippen LogP contribution in [0.2, 0.25) is 0 Å². The number of sulfonamides is 1. The number of carbonyl (C=O) groups is 1. The van der Waals surface area contributed by atoms with Crippen LogP contribution < -0.4 is 4.72 Å². The molecule has 0 radical (unpaired) electrons. The number of hydrogen-bond donors (Lipinski definition) is 1. The summed E-state index contributed by atoms with van der Waals surface area (Å²) in [5.41, 5.74) is 0.831.